The highest BCUT2D eigenvalue weighted by molar-refractivity contribution is 6.74. The molecule has 0 spiro atoms. The summed E-state index contributed by atoms with van der Waals surface area (Å²) in [5.41, 5.74) is 1.60. The first-order valence-electron chi connectivity index (χ1n) is 5.98. The number of aliphatic imine (C=N–C) groups is 1. The van der Waals surface area contributed by atoms with E-state index in [-0.39, 0.29) is 11.1 Å². The van der Waals surface area contributed by atoms with Gasteiger partial charge in [0.05, 0.1) is 5.56 Å². The van der Waals surface area contributed by atoms with E-state index in [9.17, 15) is 4.79 Å². The van der Waals surface area contributed by atoms with Crippen molar-refractivity contribution in [3.05, 3.63) is 68.4 Å². The van der Waals surface area contributed by atoms with E-state index in [1.807, 2.05) is 30.3 Å². The van der Waals surface area contributed by atoms with Gasteiger partial charge in [0, 0.05) is 0 Å². The summed E-state index contributed by atoms with van der Waals surface area (Å²) in [6.45, 7) is 0. The number of hydrogen-bond donors (Lipinski definition) is 0. The van der Waals surface area contributed by atoms with Crippen LogP contribution in [0.5, 0.6) is 0 Å². The van der Waals surface area contributed by atoms with Crippen LogP contribution in [0.15, 0.2) is 41.4 Å². The van der Waals surface area contributed by atoms with Crippen LogP contribution < -0.4 is 10.4 Å². The van der Waals surface area contributed by atoms with Crippen LogP contribution in [0, 0.1) is 10.4 Å². The van der Waals surface area contributed by atoms with Crippen LogP contribution in [0.3, 0.4) is 0 Å². The van der Waals surface area contributed by atoms with Crippen LogP contribution in [0.1, 0.15) is 15.9 Å². The van der Waals surface area contributed by atoms with Crippen molar-refractivity contribution >= 4 is 34.8 Å². The molecule has 2 aromatic carbocycles. The van der Waals surface area contributed by atoms with Crippen molar-refractivity contribution in [1.82, 2.24) is 0 Å². The minimum atomic E-state index is -0.261. The van der Waals surface area contributed by atoms with Crippen molar-refractivity contribution in [2.24, 2.45) is 4.99 Å². The molecule has 0 bridgehead atoms. The summed E-state index contributed by atoms with van der Waals surface area (Å²) in [6.07, 6.45) is 3.78. The van der Waals surface area contributed by atoms with Crippen molar-refractivity contribution in [2.75, 3.05) is 0 Å². The predicted octanol–water partition coefficient (Wildman–Crippen LogP) is 1.69. The SMILES string of the molecule is O=C1N=C(Cl)C=c2ccc3c(c21)C=c1ccccc1=3. The van der Waals surface area contributed by atoms with E-state index >= 15 is 0 Å². The summed E-state index contributed by atoms with van der Waals surface area (Å²) in [7, 11) is 0. The monoisotopic (exact) mass is 265 g/mol. The van der Waals surface area contributed by atoms with Gasteiger partial charge in [0.25, 0.3) is 5.91 Å². The Morgan fingerprint density at radius 1 is 0.895 bits per heavy atom. The lowest BCUT2D eigenvalue weighted by atomic mass is 10.0. The molecule has 3 heteroatoms. The van der Waals surface area contributed by atoms with E-state index in [0.29, 0.717) is 5.56 Å². The maximum atomic E-state index is 12.1. The molecule has 0 unspecified atom stereocenters. The van der Waals surface area contributed by atoms with Crippen LogP contribution in [0.2, 0.25) is 0 Å². The molecule has 2 aromatic rings. The van der Waals surface area contributed by atoms with Crippen LogP contribution >= 0.6 is 11.6 Å². The lowest BCUT2D eigenvalue weighted by molar-refractivity contribution is 0.100. The fourth-order valence-electron chi connectivity index (χ4n) is 2.72. The topological polar surface area (TPSA) is 29.4 Å². The first kappa shape index (κ1) is 10.7. The zero-order chi connectivity index (χ0) is 13.0. The summed E-state index contributed by atoms with van der Waals surface area (Å²) in [5.74, 6) is -0.261. The quantitative estimate of drug-likeness (QED) is 0.608. The zero-order valence-corrected chi connectivity index (χ0v) is 10.6. The van der Waals surface area contributed by atoms with E-state index in [1.54, 1.807) is 6.08 Å². The molecule has 0 saturated carbocycles. The Hall–Kier alpha value is -2.19. The van der Waals surface area contributed by atoms with Gasteiger partial charge in [0.1, 0.15) is 5.17 Å². The molecule has 0 radical (unpaired) electrons. The van der Waals surface area contributed by atoms with E-state index < -0.39 is 0 Å². The van der Waals surface area contributed by atoms with Crippen molar-refractivity contribution in [1.29, 1.82) is 0 Å². The number of nitrogens with zero attached hydrogens (tertiary/aromatic N) is 1. The Balaban J connectivity index is 2.25. The molecule has 2 nitrogen and oxygen atoms in total. The number of carbonyl (C=O) groups is 1. The highest BCUT2D eigenvalue weighted by atomic mass is 35.5. The average molecular weight is 266 g/mol. The minimum Gasteiger partial charge on any atom is -0.267 e. The van der Waals surface area contributed by atoms with Crippen molar-refractivity contribution in [3.8, 4) is 0 Å². The van der Waals surface area contributed by atoms with Crippen LogP contribution in [-0.4, -0.2) is 11.1 Å². The maximum absolute atomic E-state index is 12.1. The van der Waals surface area contributed by atoms with Crippen LogP contribution in [0.4, 0.5) is 0 Å². The normalized spacial score (nSPS) is 14.8. The molecule has 0 atom stereocenters. The zero-order valence-electron chi connectivity index (χ0n) is 9.85. The summed E-state index contributed by atoms with van der Waals surface area (Å²) in [4.78, 5) is 15.9. The summed E-state index contributed by atoms with van der Waals surface area (Å²) in [5, 5.41) is 4.47. The van der Waals surface area contributed by atoms with Crippen LogP contribution in [0.25, 0.3) is 12.2 Å². The molecule has 0 aromatic heterocycles. The number of fused-ring (bicyclic) bond motifs is 4. The molecular formula is C16H8ClNO. The number of halogens is 1. The van der Waals surface area contributed by atoms with Gasteiger partial charge < -0.3 is 0 Å². The second-order valence-electron chi connectivity index (χ2n) is 4.61. The van der Waals surface area contributed by atoms with E-state index in [4.69, 9.17) is 11.6 Å². The van der Waals surface area contributed by atoms with Gasteiger partial charge in [-0.15, -0.1) is 0 Å². The summed E-state index contributed by atoms with van der Waals surface area (Å²) < 4.78 is 0. The molecule has 19 heavy (non-hydrogen) atoms. The Morgan fingerprint density at radius 3 is 2.63 bits per heavy atom. The Morgan fingerprint density at radius 2 is 1.74 bits per heavy atom. The molecule has 1 heterocycles. The van der Waals surface area contributed by atoms with E-state index in [2.05, 4.69) is 17.1 Å². The van der Waals surface area contributed by atoms with Gasteiger partial charge in [-0.25, -0.2) is 0 Å². The molecule has 0 fully saturated rings. The van der Waals surface area contributed by atoms with Crippen molar-refractivity contribution in [3.63, 3.8) is 0 Å². The number of benzene rings is 2. The maximum Gasteiger partial charge on any atom is 0.279 e. The molecule has 0 saturated heterocycles. The van der Waals surface area contributed by atoms with E-state index in [1.165, 1.54) is 0 Å². The molecular weight excluding hydrogens is 258 g/mol. The van der Waals surface area contributed by atoms with Crippen molar-refractivity contribution < 1.29 is 4.79 Å². The number of carbonyl (C=O) groups excluding carboxylic acids is 1. The molecule has 4 rings (SSSR count). The van der Waals surface area contributed by atoms with Crippen LogP contribution in [-0.2, 0) is 0 Å². The lowest BCUT2D eigenvalue weighted by Crippen LogP contribution is -2.21. The molecule has 0 N–H and O–H groups in total. The van der Waals surface area contributed by atoms with Gasteiger partial charge in [0.15, 0.2) is 0 Å². The fraction of sp³-hybridized carbons (Fsp3) is 0. The molecule has 1 aliphatic heterocycles. The Bertz CT molecular complexity index is 986. The average Bonchev–Trinajstić information content (AvgIpc) is 2.76. The van der Waals surface area contributed by atoms with Gasteiger partial charge in [-0.1, -0.05) is 48.0 Å². The second kappa shape index (κ2) is 3.65. The Labute approximate surface area is 113 Å². The molecule has 1 aliphatic carbocycles. The van der Waals surface area contributed by atoms with Gasteiger partial charge in [-0.2, -0.15) is 4.99 Å². The molecule has 2 aliphatic rings. The van der Waals surface area contributed by atoms with E-state index in [0.717, 1.165) is 26.4 Å². The first-order chi connectivity index (χ1) is 9.24. The van der Waals surface area contributed by atoms with Gasteiger partial charge in [-0.05, 0) is 38.6 Å². The number of hydrogen-bond acceptors (Lipinski definition) is 1. The second-order valence-corrected chi connectivity index (χ2v) is 4.99. The number of rotatable bonds is 0. The largest absolute Gasteiger partial charge is 0.279 e. The Kier molecular flexibility index (Phi) is 2.06. The standard InChI is InChI=1S/C16H8ClNO/c17-14-8-10-5-6-12-11-4-2-1-3-9(11)7-13(12)15(10)16(19)18-14/h1-8H. The first-order valence-corrected chi connectivity index (χ1v) is 6.36. The predicted molar refractivity (Wildman–Crippen MR) is 75.5 cm³/mol. The lowest BCUT2D eigenvalue weighted by Gasteiger charge is -2.07. The molecule has 1 amide bonds. The van der Waals surface area contributed by atoms with Gasteiger partial charge in [0.2, 0.25) is 0 Å². The third kappa shape index (κ3) is 1.44. The smallest absolute Gasteiger partial charge is 0.267 e. The third-order valence-corrected chi connectivity index (χ3v) is 3.72. The van der Waals surface area contributed by atoms with Gasteiger partial charge >= 0.3 is 0 Å². The third-order valence-electron chi connectivity index (χ3n) is 3.53. The fourth-order valence-corrected chi connectivity index (χ4v) is 2.91. The highest BCUT2D eigenvalue weighted by Gasteiger charge is 2.18. The highest BCUT2D eigenvalue weighted by Crippen LogP contribution is 2.16. The van der Waals surface area contributed by atoms with Gasteiger partial charge in [-0.3, -0.25) is 4.79 Å². The molecule has 90 valence electrons. The van der Waals surface area contributed by atoms with Crippen molar-refractivity contribution in [2.45, 2.75) is 0 Å². The summed E-state index contributed by atoms with van der Waals surface area (Å²) in [6, 6.07) is 12.1. The number of amides is 1. The minimum absolute atomic E-state index is 0.243. The summed E-state index contributed by atoms with van der Waals surface area (Å²) >= 11 is 5.84.